The number of hydrogen-bond acceptors (Lipinski definition) is 4. The standard InChI is InChI=1S/C7H9N3O2/c1-12-7(11)6-3-2-5-4-8-9-10(5)6/h4,6H,2-3H2,1H3/t6-/m0/s1. The summed E-state index contributed by atoms with van der Waals surface area (Å²) >= 11 is 0. The predicted octanol–water partition coefficient (Wildman–Crippen LogP) is -0.0616. The number of carbonyl (C=O) groups is 1. The van der Waals surface area contributed by atoms with E-state index in [9.17, 15) is 4.79 Å². The lowest BCUT2D eigenvalue weighted by Gasteiger charge is -2.06. The molecule has 0 bridgehead atoms. The molecule has 12 heavy (non-hydrogen) atoms. The van der Waals surface area contributed by atoms with Crippen molar-refractivity contribution >= 4 is 5.97 Å². The van der Waals surface area contributed by atoms with E-state index in [1.165, 1.54) is 7.11 Å². The fraction of sp³-hybridized carbons (Fsp3) is 0.571. The Hall–Kier alpha value is -1.39. The molecule has 0 amide bonds. The summed E-state index contributed by atoms with van der Waals surface area (Å²) in [4.78, 5) is 11.2. The molecule has 0 aliphatic carbocycles. The van der Waals surface area contributed by atoms with Crippen molar-refractivity contribution in [3.63, 3.8) is 0 Å². The van der Waals surface area contributed by atoms with E-state index < -0.39 is 0 Å². The Bertz CT molecular complexity index is 307. The third kappa shape index (κ3) is 0.895. The number of nitrogens with zero attached hydrogens (tertiary/aromatic N) is 3. The number of aromatic nitrogens is 3. The maximum atomic E-state index is 11.2. The molecular weight excluding hydrogens is 158 g/mol. The first kappa shape index (κ1) is 7.27. The SMILES string of the molecule is COC(=O)[C@@H]1CCc2cnnn21. The third-order valence-corrected chi connectivity index (χ3v) is 2.09. The normalized spacial score (nSPS) is 20.6. The smallest absolute Gasteiger partial charge is 0.330 e. The maximum absolute atomic E-state index is 11.2. The summed E-state index contributed by atoms with van der Waals surface area (Å²) in [7, 11) is 1.39. The Kier molecular flexibility index (Phi) is 1.56. The number of ether oxygens (including phenoxy) is 1. The van der Waals surface area contributed by atoms with Crippen LogP contribution in [0.3, 0.4) is 0 Å². The number of rotatable bonds is 1. The Morgan fingerprint density at radius 2 is 2.67 bits per heavy atom. The lowest BCUT2D eigenvalue weighted by molar-refractivity contribution is -0.144. The van der Waals surface area contributed by atoms with E-state index in [1.807, 2.05) is 0 Å². The number of carbonyl (C=O) groups excluding carboxylic acids is 1. The molecule has 0 spiro atoms. The fourth-order valence-electron chi connectivity index (χ4n) is 1.47. The average Bonchev–Trinajstić information content (AvgIpc) is 2.62. The highest BCUT2D eigenvalue weighted by Crippen LogP contribution is 2.24. The molecule has 1 aromatic heterocycles. The second-order valence-electron chi connectivity index (χ2n) is 2.75. The van der Waals surface area contributed by atoms with Crippen molar-refractivity contribution in [1.82, 2.24) is 15.0 Å². The fourth-order valence-corrected chi connectivity index (χ4v) is 1.47. The summed E-state index contributed by atoms with van der Waals surface area (Å²) in [5.41, 5.74) is 1.01. The van der Waals surface area contributed by atoms with Gasteiger partial charge in [0.15, 0.2) is 6.04 Å². The van der Waals surface area contributed by atoms with Crippen LogP contribution in [0.25, 0.3) is 0 Å². The van der Waals surface area contributed by atoms with Gasteiger partial charge in [-0.2, -0.15) is 0 Å². The number of esters is 1. The first-order valence-corrected chi connectivity index (χ1v) is 3.80. The second-order valence-corrected chi connectivity index (χ2v) is 2.75. The van der Waals surface area contributed by atoms with E-state index in [1.54, 1.807) is 10.9 Å². The molecule has 0 saturated heterocycles. The van der Waals surface area contributed by atoms with Crippen molar-refractivity contribution in [3.05, 3.63) is 11.9 Å². The molecule has 1 aliphatic rings. The van der Waals surface area contributed by atoms with Crippen molar-refractivity contribution in [2.24, 2.45) is 0 Å². The first-order chi connectivity index (χ1) is 5.83. The van der Waals surface area contributed by atoms with E-state index in [0.717, 1.165) is 18.5 Å². The highest BCUT2D eigenvalue weighted by Gasteiger charge is 2.29. The largest absolute Gasteiger partial charge is 0.467 e. The van der Waals surface area contributed by atoms with Gasteiger partial charge >= 0.3 is 5.97 Å². The van der Waals surface area contributed by atoms with Crippen LogP contribution >= 0.6 is 0 Å². The second kappa shape index (κ2) is 2.58. The number of methoxy groups -OCH3 is 1. The summed E-state index contributed by atoms with van der Waals surface area (Å²) < 4.78 is 6.26. The highest BCUT2D eigenvalue weighted by molar-refractivity contribution is 5.74. The van der Waals surface area contributed by atoms with Gasteiger partial charge in [-0.25, -0.2) is 9.48 Å². The zero-order valence-electron chi connectivity index (χ0n) is 6.73. The molecular formula is C7H9N3O2. The topological polar surface area (TPSA) is 57.0 Å². The number of hydrogen-bond donors (Lipinski definition) is 0. The zero-order chi connectivity index (χ0) is 8.55. The van der Waals surface area contributed by atoms with Crippen LogP contribution in [-0.4, -0.2) is 28.1 Å². The predicted molar refractivity (Wildman–Crippen MR) is 39.4 cm³/mol. The van der Waals surface area contributed by atoms with Crippen LogP contribution in [0.15, 0.2) is 6.20 Å². The first-order valence-electron chi connectivity index (χ1n) is 3.80. The Morgan fingerprint density at radius 3 is 3.42 bits per heavy atom. The molecule has 64 valence electrons. The Balaban J connectivity index is 2.28. The Morgan fingerprint density at radius 1 is 1.83 bits per heavy atom. The van der Waals surface area contributed by atoms with E-state index in [2.05, 4.69) is 15.0 Å². The van der Waals surface area contributed by atoms with Gasteiger partial charge in [0.25, 0.3) is 0 Å². The van der Waals surface area contributed by atoms with E-state index >= 15 is 0 Å². The molecule has 0 fully saturated rings. The minimum Gasteiger partial charge on any atom is -0.467 e. The quantitative estimate of drug-likeness (QED) is 0.550. The monoisotopic (exact) mass is 167 g/mol. The van der Waals surface area contributed by atoms with Crippen molar-refractivity contribution in [2.45, 2.75) is 18.9 Å². The molecule has 0 aromatic carbocycles. The van der Waals surface area contributed by atoms with Gasteiger partial charge in [-0.1, -0.05) is 5.21 Å². The van der Waals surface area contributed by atoms with Gasteiger partial charge in [-0.05, 0) is 12.8 Å². The van der Waals surface area contributed by atoms with Gasteiger partial charge < -0.3 is 4.74 Å². The minimum absolute atomic E-state index is 0.237. The number of fused-ring (bicyclic) bond motifs is 1. The summed E-state index contributed by atoms with van der Waals surface area (Å²) in [5, 5.41) is 7.53. The van der Waals surface area contributed by atoms with Gasteiger partial charge in [0, 0.05) is 0 Å². The van der Waals surface area contributed by atoms with Crippen LogP contribution in [0.5, 0.6) is 0 Å². The molecule has 5 heteroatoms. The van der Waals surface area contributed by atoms with Crippen LogP contribution in [0.2, 0.25) is 0 Å². The molecule has 1 atom stereocenters. The van der Waals surface area contributed by atoms with Crippen LogP contribution in [0.1, 0.15) is 18.2 Å². The molecule has 1 aliphatic heterocycles. The molecule has 0 saturated carbocycles. The van der Waals surface area contributed by atoms with Crippen LogP contribution < -0.4 is 0 Å². The molecule has 2 heterocycles. The zero-order valence-corrected chi connectivity index (χ0v) is 6.73. The van der Waals surface area contributed by atoms with Gasteiger partial charge in [0.1, 0.15) is 0 Å². The molecule has 2 rings (SSSR count). The molecule has 0 unspecified atom stereocenters. The lowest BCUT2D eigenvalue weighted by atomic mass is 10.2. The lowest BCUT2D eigenvalue weighted by Crippen LogP contribution is -2.18. The number of aryl methyl sites for hydroxylation is 1. The molecule has 1 aromatic rings. The van der Waals surface area contributed by atoms with E-state index in [4.69, 9.17) is 0 Å². The maximum Gasteiger partial charge on any atom is 0.330 e. The summed E-state index contributed by atoms with van der Waals surface area (Å²) in [6.45, 7) is 0. The average molecular weight is 167 g/mol. The summed E-state index contributed by atoms with van der Waals surface area (Å²) in [6.07, 6.45) is 3.31. The van der Waals surface area contributed by atoms with Crippen molar-refractivity contribution in [2.75, 3.05) is 7.11 Å². The molecule has 0 N–H and O–H groups in total. The van der Waals surface area contributed by atoms with E-state index in [0.29, 0.717) is 0 Å². The van der Waals surface area contributed by atoms with Gasteiger partial charge in [-0.15, -0.1) is 5.10 Å². The highest BCUT2D eigenvalue weighted by atomic mass is 16.5. The summed E-state index contributed by atoms with van der Waals surface area (Å²) in [5.74, 6) is -0.237. The van der Waals surface area contributed by atoms with Crippen molar-refractivity contribution in [3.8, 4) is 0 Å². The molecule has 5 nitrogen and oxygen atoms in total. The summed E-state index contributed by atoms with van der Waals surface area (Å²) in [6, 6.07) is -0.257. The van der Waals surface area contributed by atoms with Crippen molar-refractivity contribution < 1.29 is 9.53 Å². The Labute approximate surface area is 69.3 Å². The molecule has 0 radical (unpaired) electrons. The van der Waals surface area contributed by atoms with Gasteiger partial charge in [0.05, 0.1) is 19.0 Å². The van der Waals surface area contributed by atoms with Gasteiger partial charge in [0.2, 0.25) is 0 Å². The van der Waals surface area contributed by atoms with Crippen LogP contribution in [-0.2, 0) is 16.0 Å². The van der Waals surface area contributed by atoms with Crippen molar-refractivity contribution in [1.29, 1.82) is 0 Å². The third-order valence-electron chi connectivity index (χ3n) is 2.09. The van der Waals surface area contributed by atoms with E-state index in [-0.39, 0.29) is 12.0 Å². The van der Waals surface area contributed by atoms with Gasteiger partial charge in [-0.3, -0.25) is 0 Å². The van der Waals surface area contributed by atoms with Crippen LogP contribution in [0, 0.1) is 0 Å². The minimum atomic E-state index is -0.257. The van der Waals surface area contributed by atoms with Crippen LogP contribution in [0.4, 0.5) is 0 Å².